The molecule has 0 spiro atoms. The predicted molar refractivity (Wildman–Crippen MR) is 80.0 cm³/mol. The van der Waals surface area contributed by atoms with E-state index < -0.39 is 11.6 Å². The van der Waals surface area contributed by atoms with Crippen molar-refractivity contribution < 1.29 is 8.78 Å². The normalized spacial score (nSPS) is 16.5. The number of hydrogen-bond acceptors (Lipinski definition) is 1. The van der Waals surface area contributed by atoms with Gasteiger partial charge >= 0.3 is 0 Å². The fourth-order valence-electron chi connectivity index (χ4n) is 2.80. The lowest BCUT2D eigenvalue weighted by atomic mass is 9.80. The van der Waals surface area contributed by atoms with Gasteiger partial charge in [-0.25, -0.2) is 8.78 Å². The van der Waals surface area contributed by atoms with Crippen molar-refractivity contribution in [2.24, 2.45) is 5.73 Å². The highest BCUT2D eigenvalue weighted by Gasteiger charge is 2.19. The molecule has 0 aliphatic heterocycles. The van der Waals surface area contributed by atoms with Gasteiger partial charge in [-0.3, -0.25) is 0 Å². The van der Waals surface area contributed by atoms with E-state index in [1.54, 1.807) is 6.07 Å². The molecule has 1 saturated carbocycles. The van der Waals surface area contributed by atoms with Crippen LogP contribution in [0.25, 0.3) is 0 Å². The molecule has 1 fully saturated rings. The molecule has 0 bridgehead atoms. The lowest BCUT2D eigenvalue weighted by Crippen LogP contribution is -2.14. The fraction of sp³-hybridized carbons (Fsp3) is 0.333. The van der Waals surface area contributed by atoms with Gasteiger partial charge in [0, 0.05) is 6.04 Å². The molecule has 3 heteroatoms. The van der Waals surface area contributed by atoms with Gasteiger partial charge < -0.3 is 5.73 Å². The molecule has 0 amide bonds. The van der Waals surface area contributed by atoms with Crippen LogP contribution in [-0.4, -0.2) is 0 Å². The zero-order valence-corrected chi connectivity index (χ0v) is 11.9. The summed E-state index contributed by atoms with van der Waals surface area (Å²) in [6, 6.07) is 12.1. The molecular formula is C18H19F2N. The van der Waals surface area contributed by atoms with Crippen molar-refractivity contribution in [3.8, 4) is 0 Å². The largest absolute Gasteiger partial charge is 0.324 e. The van der Waals surface area contributed by atoms with Crippen LogP contribution in [-0.2, 0) is 6.42 Å². The topological polar surface area (TPSA) is 26.0 Å². The minimum atomic E-state index is -0.822. The second-order valence-corrected chi connectivity index (χ2v) is 5.85. The first kappa shape index (κ1) is 14.2. The molecule has 2 aromatic rings. The maximum absolute atomic E-state index is 13.2. The average molecular weight is 287 g/mol. The number of hydrogen-bond donors (Lipinski definition) is 1. The van der Waals surface area contributed by atoms with Crippen molar-refractivity contribution in [1.82, 2.24) is 0 Å². The van der Waals surface area contributed by atoms with E-state index in [0.29, 0.717) is 17.9 Å². The number of halogens is 2. The van der Waals surface area contributed by atoms with Crippen molar-refractivity contribution in [2.75, 3.05) is 0 Å². The SMILES string of the molecule is NC(Cc1ccc(F)c(F)c1)c1ccc(C2CCC2)cc1. The third-order valence-electron chi connectivity index (χ3n) is 4.38. The second-order valence-electron chi connectivity index (χ2n) is 5.85. The standard InChI is InChI=1S/C18H19F2N/c19-16-9-4-12(10-17(16)20)11-18(21)15-7-5-14(6-8-15)13-2-1-3-13/h4-10,13,18H,1-3,11,21H2. The molecule has 110 valence electrons. The second kappa shape index (κ2) is 5.94. The number of benzene rings is 2. The van der Waals surface area contributed by atoms with E-state index in [2.05, 4.69) is 24.3 Å². The minimum absolute atomic E-state index is 0.203. The van der Waals surface area contributed by atoms with Crippen LogP contribution >= 0.6 is 0 Å². The molecule has 0 aromatic heterocycles. The fourth-order valence-corrected chi connectivity index (χ4v) is 2.80. The van der Waals surface area contributed by atoms with Crippen LogP contribution < -0.4 is 5.73 Å². The Bertz CT molecular complexity index is 618. The Morgan fingerprint density at radius 1 is 1.00 bits per heavy atom. The Balaban J connectivity index is 1.69. The number of nitrogens with two attached hydrogens (primary N) is 1. The summed E-state index contributed by atoms with van der Waals surface area (Å²) in [6.45, 7) is 0. The van der Waals surface area contributed by atoms with Crippen LogP contribution in [0.5, 0.6) is 0 Å². The minimum Gasteiger partial charge on any atom is -0.324 e. The lowest BCUT2D eigenvalue weighted by Gasteiger charge is -2.26. The molecule has 0 radical (unpaired) electrons. The lowest BCUT2D eigenvalue weighted by molar-refractivity contribution is 0.419. The molecule has 1 atom stereocenters. The van der Waals surface area contributed by atoms with Crippen molar-refractivity contribution in [2.45, 2.75) is 37.6 Å². The summed E-state index contributed by atoms with van der Waals surface area (Å²) in [4.78, 5) is 0. The first-order valence-electron chi connectivity index (χ1n) is 7.43. The summed E-state index contributed by atoms with van der Waals surface area (Å²) in [5.74, 6) is -0.932. The Hall–Kier alpha value is -1.74. The van der Waals surface area contributed by atoms with Crippen molar-refractivity contribution in [3.63, 3.8) is 0 Å². The maximum Gasteiger partial charge on any atom is 0.159 e. The Kier molecular flexibility index (Phi) is 4.02. The summed E-state index contributed by atoms with van der Waals surface area (Å²) < 4.78 is 26.1. The van der Waals surface area contributed by atoms with Crippen molar-refractivity contribution >= 4 is 0 Å². The summed E-state index contributed by atoms with van der Waals surface area (Å²) >= 11 is 0. The first-order valence-corrected chi connectivity index (χ1v) is 7.43. The first-order chi connectivity index (χ1) is 10.1. The Morgan fingerprint density at radius 2 is 1.71 bits per heavy atom. The quantitative estimate of drug-likeness (QED) is 0.882. The van der Waals surface area contributed by atoms with Crippen LogP contribution in [0.1, 0.15) is 47.9 Å². The summed E-state index contributed by atoms with van der Waals surface area (Å²) in [5, 5.41) is 0. The molecule has 1 aliphatic carbocycles. The highest BCUT2D eigenvalue weighted by Crippen LogP contribution is 2.36. The van der Waals surface area contributed by atoms with E-state index in [1.807, 2.05) is 0 Å². The van der Waals surface area contributed by atoms with Gasteiger partial charge in [0.05, 0.1) is 0 Å². The molecule has 3 rings (SSSR count). The molecule has 21 heavy (non-hydrogen) atoms. The molecular weight excluding hydrogens is 268 g/mol. The van der Waals surface area contributed by atoms with E-state index in [1.165, 1.54) is 30.9 Å². The third kappa shape index (κ3) is 3.13. The van der Waals surface area contributed by atoms with Gasteiger partial charge in [0.1, 0.15) is 0 Å². The van der Waals surface area contributed by atoms with Crippen molar-refractivity contribution in [3.05, 3.63) is 70.8 Å². The van der Waals surface area contributed by atoms with Crippen LogP contribution in [0, 0.1) is 11.6 Å². The highest BCUT2D eigenvalue weighted by atomic mass is 19.2. The van der Waals surface area contributed by atoms with Gasteiger partial charge in [0.15, 0.2) is 11.6 Å². The Labute approximate surface area is 123 Å². The molecule has 2 aromatic carbocycles. The molecule has 0 heterocycles. The van der Waals surface area contributed by atoms with E-state index >= 15 is 0 Å². The van der Waals surface area contributed by atoms with E-state index in [0.717, 1.165) is 11.6 Å². The van der Waals surface area contributed by atoms with Crippen LogP contribution in [0.3, 0.4) is 0 Å². The summed E-state index contributed by atoms with van der Waals surface area (Å²) in [5.41, 5.74) is 9.29. The van der Waals surface area contributed by atoms with Gasteiger partial charge in [-0.05, 0) is 54.0 Å². The molecule has 1 unspecified atom stereocenters. The van der Waals surface area contributed by atoms with Gasteiger partial charge in [-0.1, -0.05) is 36.8 Å². The predicted octanol–water partition coefficient (Wildman–Crippen LogP) is 4.47. The third-order valence-corrected chi connectivity index (χ3v) is 4.38. The monoisotopic (exact) mass is 287 g/mol. The maximum atomic E-state index is 13.2. The highest BCUT2D eigenvalue weighted by molar-refractivity contribution is 5.30. The van der Waals surface area contributed by atoms with Gasteiger partial charge in [-0.2, -0.15) is 0 Å². The van der Waals surface area contributed by atoms with Gasteiger partial charge in [0.25, 0.3) is 0 Å². The smallest absolute Gasteiger partial charge is 0.159 e. The molecule has 0 saturated heterocycles. The summed E-state index contributed by atoms with van der Waals surface area (Å²) in [7, 11) is 0. The molecule has 1 aliphatic rings. The van der Waals surface area contributed by atoms with E-state index in [-0.39, 0.29) is 6.04 Å². The van der Waals surface area contributed by atoms with Gasteiger partial charge in [-0.15, -0.1) is 0 Å². The zero-order valence-electron chi connectivity index (χ0n) is 11.9. The van der Waals surface area contributed by atoms with Gasteiger partial charge in [0.2, 0.25) is 0 Å². The van der Waals surface area contributed by atoms with Crippen LogP contribution in [0.15, 0.2) is 42.5 Å². The van der Waals surface area contributed by atoms with Crippen LogP contribution in [0.2, 0.25) is 0 Å². The molecule has 1 nitrogen and oxygen atoms in total. The average Bonchev–Trinajstić information content (AvgIpc) is 2.42. The summed E-state index contributed by atoms with van der Waals surface area (Å²) in [6.07, 6.45) is 4.38. The van der Waals surface area contributed by atoms with E-state index in [9.17, 15) is 8.78 Å². The Morgan fingerprint density at radius 3 is 2.29 bits per heavy atom. The van der Waals surface area contributed by atoms with Crippen molar-refractivity contribution in [1.29, 1.82) is 0 Å². The zero-order chi connectivity index (χ0) is 14.8. The van der Waals surface area contributed by atoms with Crippen LogP contribution in [0.4, 0.5) is 8.78 Å². The molecule has 2 N–H and O–H groups in total. The van der Waals surface area contributed by atoms with E-state index in [4.69, 9.17) is 5.73 Å². The number of rotatable bonds is 4.